The van der Waals surface area contributed by atoms with Crippen LogP contribution >= 0.6 is 11.8 Å². The van der Waals surface area contributed by atoms with Gasteiger partial charge in [0.2, 0.25) is 5.91 Å². The second-order valence-electron chi connectivity index (χ2n) is 8.06. The van der Waals surface area contributed by atoms with Crippen molar-refractivity contribution in [3.63, 3.8) is 0 Å². The Bertz CT molecular complexity index is 1230. The van der Waals surface area contributed by atoms with Gasteiger partial charge >= 0.3 is 0 Å². The van der Waals surface area contributed by atoms with E-state index in [9.17, 15) is 4.79 Å². The zero-order valence-corrected chi connectivity index (χ0v) is 19.7. The van der Waals surface area contributed by atoms with Crippen LogP contribution in [0.1, 0.15) is 41.6 Å². The number of hydrogen-bond donors (Lipinski definition) is 1. The summed E-state index contributed by atoms with van der Waals surface area (Å²) in [7, 11) is 0. The average molecular weight is 445 g/mol. The molecule has 0 aliphatic heterocycles. The van der Waals surface area contributed by atoms with Gasteiger partial charge in [-0.1, -0.05) is 66.7 Å². The summed E-state index contributed by atoms with van der Waals surface area (Å²) in [6.45, 7) is 8.14. The Hall–Kier alpha value is -3.12. The Morgan fingerprint density at radius 2 is 1.75 bits per heavy atom. The summed E-state index contributed by atoms with van der Waals surface area (Å²) in [5, 5.41) is 3.97. The van der Waals surface area contributed by atoms with Gasteiger partial charge in [0.25, 0.3) is 0 Å². The summed E-state index contributed by atoms with van der Waals surface area (Å²) in [5.41, 5.74) is 6.98. The lowest BCUT2D eigenvalue weighted by atomic mass is 10.1. The molecule has 5 nitrogen and oxygen atoms in total. The summed E-state index contributed by atoms with van der Waals surface area (Å²) in [6.07, 6.45) is 2.39. The third kappa shape index (κ3) is 4.55. The molecule has 0 saturated heterocycles. The van der Waals surface area contributed by atoms with Gasteiger partial charge in [-0.05, 0) is 56.0 Å². The fraction of sp³-hybridized carbons (Fsp3) is 0.269. The minimum absolute atomic E-state index is 0.0490. The number of nitrogens with one attached hydrogen (secondary N) is 1. The lowest BCUT2D eigenvalue weighted by Gasteiger charge is -2.21. The largest absolute Gasteiger partial charge is 0.324 e. The predicted molar refractivity (Wildman–Crippen MR) is 132 cm³/mol. The van der Waals surface area contributed by atoms with Crippen LogP contribution in [0.3, 0.4) is 0 Å². The Kier molecular flexibility index (Phi) is 6.61. The van der Waals surface area contributed by atoms with E-state index in [0.717, 1.165) is 38.9 Å². The quantitative estimate of drug-likeness (QED) is 0.343. The first-order chi connectivity index (χ1) is 15.5. The Balaban J connectivity index is 1.68. The van der Waals surface area contributed by atoms with E-state index in [1.807, 2.05) is 55.7 Å². The Labute approximate surface area is 193 Å². The van der Waals surface area contributed by atoms with Crippen LogP contribution < -0.4 is 5.32 Å². The summed E-state index contributed by atoms with van der Waals surface area (Å²) >= 11 is 1.64. The standard InChI is InChI=1S/C26H28N4OS/c1-5-22(25(31)29-23-18(3)8-6-9-19(23)4)30-24-21(10-7-15-27-24)28-26(30)32-16-20-13-11-17(2)12-14-20/h6-15,22H,5,16H2,1-4H3,(H,29,31)/t22-/m1/s1. The Morgan fingerprint density at radius 1 is 1.03 bits per heavy atom. The number of carbonyl (C=O) groups excluding carboxylic acids is 1. The van der Waals surface area contributed by atoms with E-state index >= 15 is 0 Å². The first-order valence-corrected chi connectivity index (χ1v) is 11.8. The first-order valence-electron chi connectivity index (χ1n) is 10.9. The molecule has 0 radical (unpaired) electrons. The molecule has 0 bridgehead atoms. The number of para-hydroxylation sites is 1. The highest BCUT2D eigenvalue weighted by molar-refractivity contribution is 7.98. The van der Waals surface area contributed by atoms with Crippen LogP contribution in [0.2, 0.25) is 0 Å². The number of aromatic nitrogens is 3. The van der Waals surface area contributed by atoms with Crippen molar-refractivity contribution in [3.05, 3.63) is 83.0 Å². The number of pyridine rings is 1. The molecule has 2 aromatic carbocycles. The molecule has 4 rings (SSSR count). The van der Waals surface area contributed by atoms with Crippen molar-refractivity contribution in [1.82, 2.24) is 14.5 Å². The van der Waals surface area contributed by atoms with Gasteiger partial charge in [-0.15, -0.1) is 0 Å². The summed E-state index contributed by atoms with van der Waals surface area (Å²) < 4.78 is 2.00. The molecule has 1 N–H and O–H groups in total. The molecular formula is C26H28N4OS. The summed E-state index contributed by atoms with van der Waals surface area (Å²) in [4.78, 5) is 22.8. The van der Waals surface area contributed by atoms with Crippen LogP contribution in [-0.4, -0.2) is 20.4 Å². The SMILES string of the molecule is CC[C@H](C(=O)Nc1c(C)cccc1C)n1c(SCc2ccc(C)cc2)nc2cccnc21. The lowest BCUT2D eigenvalue weighted by molar-refractivity contribution is -0.119. The van der Waals surface area contributed by atoms with E-state index in [2.05, 4.69) is 41.5 Å². The van der Waals surface area contributed by atoms with Gasteiger partial charge < -0.3 is 5.32 Å². The molecule has 0 fully saturated rings. The van der Waals surface area contributed by atoms with Crippen molar-refractivity contribution >= 4 is 34.5 Å². The molecule has 1 atom stereocenters. The maximum atomic E-state index is 13.5. The number of imidazole rings is 1. The van der Waals surface area contributed by atoms with Crippen molar-refractivity contribution in [2.24, 2.45) is 0 Å². The van der Waals surface area contributed by atoms with Crippen LogP contribution in [0.25, 0.3) is 11.2 Å². The maximum absolute atomic E-state index is 13.5. The fourth-order valence-electron chi connectivity index (χ4n) is 3.83. The molecule has 0 aliphatic rings. The number of carbonyl (C=O) groups is 1. The van der Waals surface area contributed by atoms with Crippen molar-refractivity contribution in [1.29, 1.82) is 0 Å². The van der Waals surface area contributed by atoms with Crippen LogP contribution in [0, 0.1) is 20.8 Å². The highest BCUT2D eigenvalue weighted by atomic mass is 32.2. The van der Waals surface area contributed by atoms with Gasteiger partial charge in [0, 0.05) is 17.6 Å². The predicted octanol–water partition coefficient (Wildman–Crippen LogP) is 6.24. The zero-order valence-electron chi connectivity index (χ0n) is 18.9. The number of benzene rings is 2. The number of anilines is 1. The van der Waals surface area contributed by atoms with Crippen molar-refractivity contribution < 1.29 is 4.79 Å². The number of amides is 1. The van der Waals surface area contributed by atoms with Crippen LogP contribution in [0.5, 0.6) is 0 Å². The third-order valence-electron chi connectivity index (χ3n) is 5.64. The molecule has 32 heavy (non-hydrogen) atoms. The monoisotopic (exact) mass is 444 g/mol. The smallest absolute Gasteiger partial charge is 0.247 e. The number of rotatable bonds is 7. The van der Waals surface area contributed by atoms with Gasteiger partial charge in [0.1, 0.15) is 11.6 Å². The molecule has 6 heteroatoms. The molecule has 0 aliphatic carbocycles. The van der Waals surface area contributed by atoms with E-state index in [1.54, 1.807) is 18.0 Å². The lowest BCUT2D eigenvalue weighted by Crippen LogP contribution is -2.27. The molecule has 164 valence electrons. The van der Waals surface area contributed by atoms with Crippen molar-refractivity contribution in [2.75, 3.05) is 5.32 Å². The molecule has 4 aromatic rings. The molecule has 0 saturated carbocycles. The number of aryl methyl sites for hydroxylation is 3. The van der Waals surface area contributed by atoms with E-state index in [1.165, 1.54) is 11.1 Å². The number of nitrogens with zero attached hydrogens (tertiary/aromatic N) is 3. The zero-order chi connectivity index (χ0) is 22.7. The van der Waals surface area contributed by atoms with Gasteiger partial charge in [0.15, 0.2) is 10.8 Å². The molecule has 0 spiro atoms. The average Bonchev–Trinajstić information content (AvgIpc) is 3.15. The van der Waals surface area contributed by atoms with Crippen LogP contribution in [0.15, 0.2) is 66.0 Å². The fourth-order valence-corrected chi connectivity index (χ4v) is 4.83. The maximum Gasteiger partial charge on any atom is 0.247 e. The minimum atomic E-state index is -0.408. The van der Waals surface area contributed by atoms with Crippen LogP contribution in [0.4, 0.5) is 5.69 Å². The highest BCUT2D eigenvalue weighted by Gasteiger charge is 2.26. The molecular weight excluding hydrogens is 416 g/mol. The number of hydrogen-bond acceptors (Lipinski definition) is 4. The molecule has 2 heterocycles. The topological polar surface area (TPSA) is 59.8 Å². The second kappa shape index (κ2) is 9.57. The normalized spacial score (nSPS) is 12.1. The van der Waals surface area contributed by atoms with Gasteiger partial charge in [-0.3, -0.25) is 9.36 Å². The highest BCUT2D eigenvalue weighted by Crippen LogP contribution is 2.31. The second-order valence-corrected chi connectivity index (χ2v) is 9.01. The third-order valence-corrected chi connectivity index (χ3v) is 6.66. The van der Waals surface area contributed by atoms with E-state index in [-0.39, 0.29) is 5.91 Å². The number of fused-ring (bicyclic) bond motifs is 1. The summed E-state index contributed by atoms with van der Waals surface area (Å²) in [6, 6.07) is 18.0. The number of thioether (sulfide) groups is 1. The minimum Gasteiger partial charge on any atom is -0.324 e. The van der Waals surface area contributed by atoms with Crippen molar-refractivity contribution in [2.45, 2.75) is 51.1 Å². The van der Waals surface area contributed by atoms with E-state index < -0.39 is 6.04 Å². The first kappa shape index (κ1) is 22.1. The molecule has 0 unspecified atom stereocenters. The van der Waals surface area contributed by atoms with Gasteiger partial charge in [-0.2, -0.15) is 0 Å². The van der Waals surface area contributed by atoms with Crippen LogP contribution in [-0.2, 0) is 10.5 Å². The van der Waals surface area contributed by atoms with Crippen molar-refractivity contribution in [3.8, 4) is 0 Å². The Morgan fingerprint density at radius 3 is 2.44 bits per heavy atom. The summed E-state index contributed by atoms with van der Waals surface area (Å²) in [5.74, 6) is 0.727. The van der Waals surface area contributed by atoms with E-state index in [0.29, 0.717) is 6.42 Å². The van der Waals surface area contributed by atoms with E-state index in [4.69, 9.17) is 4.98 Å². The molecule has 1 amide bonds. The molecule has 2 aromatic heterocycles. The van der Waals surface area contributed by atoms with Gasteiger partial charge in [-0.25, -0.2) is 9.97 Å². The van der Waals surface area contributed by atoms with Gasteiger partial charge in [0.05, 0.1) is 0 Å².